The summed E-state index contributed by atoms with van der Waals surface area (Å²) in [5, 5.41) is 0. The Morgan fingerprint density at radius 3 is 1.67 bits per heavy atom. The van der Waals surface area contributed by atoms with Crippen LogP contribution in [0.15, 0.2) is 60.7 Å². The first-order valence-electron chi connectivity index (χ1n) is 12.0. The normalized spacial score (nSPS) is 10.8. The third-order valence-corrected chi connectivity index (χ3v) is 5.37. The monoisotopic (exact) mass is 461 g/mol. The van der Waals surface area contributed by atoms with Gasteiger partial charge in [-0.15, -0.1) is 17.9 Å². The van der Waals surface area contributed by atoms with Crippen LogP contribution in [0, 0.1) is 23.8 Å². The summed E-state index contributed by atoms with van der Waals surface area (Å²) in [5.41, 5.74) is 6.32. The van der Waals surface area contributed by atoms with Gasteiger partial charge < -0.3 is 4.79 Å². The average molecular weight is 462 g/mol. The van der Waals surface area contributed by atoms with E-state index in [-0.39, 0.29) is 0 Å². The molecule has 178 valence electrons. The van der Waals surface area contributed by atoms with Crippen molar-refractivity contribution in [3.63, 3.8) is 0 Å². The van der Waals surface area contributed by atoms with Crippen molar-refractivity contribution in [3.8, 4) is 23.8 Å². The molecule has 0 bridgehead atoms. The van der Waals surface area contributed by atoms with E-state index in [4.69, 9.17) is 0 Å². The van der Waals surface area contributed by atoms with Crippen LogP contribution in [0.4, 0.5) is 0 Å². The van der Waals surface area contributed by atoms with Gasteiger partial charge in [0.2, 0.25) is 0 Å². The van der Waals surface area contributed by atoms with Crippen molar-refractivity contribution in [2.24, 2.45) is 0 Å². The Hall–Kier alpha value is -2.59. The van der Waals surface area contributed by atoms with Crippen molar-refractivity contribution in [2.45, 2.75) is 85.2 Å². The Kier molecular flexibility index (Phi) is 17.4. The standard InChI is InChI=1S/C23H31NSi.C4H8O.C3H4/c1-5-12-23(17-18-25(2,3)4)24(19-21-13-8-6-9-14-21)20-22-15-10-7-11-16-22;1-2-3-4-5;1-3-2/h6-11,13-16,23H,5,12,19-20H2,1-4H3;4H,2-3H2,1H3;1H,2H3. The van der Waals surface area contributed by atoms with Crippen molar-refractivity contribution < 1.29 is 4.79 Å². The number of hydrogen-bond acceptors (Lipinski definition) is 2. The maximum Gasteiger partial charge on any atom is 0.129 e. The summed E-state index contributed by atoms with van der Waals surface area (Å²) in [5.74, 6) is 5.89. The molecule has 2 rings (SSSR count). The van der Waals surface area contributed by atoms with Crippen molar-refractivity contribution in [2.75, 3.05) is 0 Å². The topological polar surface area (TPSA) is 20.3 Å². The summed E-state index contributed by atoms with van der Waals surface area (Å²) in [6.07, 6.45) is 9.49. The van der Waals surface area contributed by atoms with Gasteiger partial charge >= 0.3 is 0 Å². The Morgan fingerprint density at radius 2 is 1.36 bits per heavy atom. The SMILES string of the molecule is C#CC.CCCC(C#C[Si](C)(C)C)N(Cc1ccccc1)Cc1ccccc1.CCCC=O. The fraction of sp³-hybridized carbons (Fsp3) is 0.433. The third kappa shape index (κ3) is 16.7. The van der Waals surface area contributed by atoms with Gasteiger partial charge in [0, 0.05) is 19.5 Å². The molecular weight excluding hydrogens is 418 g/mol. The van der Waals surface area contributed by atoms with Gasteiger partial charge in [-0.25, -0.2) is 0 Å². The van der Waals surface area contributed by atoms with Crippen LogP contribution in [0.5, 0.6) is 0 Å². The van der Waals surface area contributed by atoms with Crippen LogP contribution in [0.1, 0.15) is 57.6 Å². The van der Waals surface area contributed by atoms with Gasteiger partial charge in [0.05, 0.1) is 6.04 Å². The molecule has 0 saturated heterocycles. The minimum atomic E-state index is -1.37. The van der Waals surface area contributed by atoms with Gasteiger partial charge in [0.25, 0.3) is 0 Å². The molecule has 0 heterocycles. The molecule has 2 nitrogen and oxygen atoms in total. The first-order chi connectivity index (χ1) is 15.8. The Bertz CT molecular complexity index is 797. The third-order valence-electron chi connectivity index (χ3n) is 4.48. The maximum absolute atomic E-state index is 9.40. The Balaban J connectivity index is 0.00000111. The maximum atomic E-state index is 9.40. The lowest BCUT2D eigenvalue weighted by molar-refractivity contribution is -0.107. The fourth-order valence-electron chi connectivity index (χ4n) is 2.95. The highest BCUT2D eigenvalue weighted by atomic mass is 28.3. The number of hydrogen-bond donors (Lipinski definition) is 0. The number of rotatable bonds is 9. The number of unbranched alkanes of at least 4 members (excludes halogenated alkanes) is 1. The van der Waals surface area contributed by atoms with Crippen LogP contribution in [0.3, 0.4) is 0 Å². The van der Waals surface area contributed by atoms with E-state index in [1.165, 1.54) is 11.1 Å². The lowest BCUT2D eigenvalue weighted by atomic mass is 10.1. The molecule has 0 saturated carbocycles. The van der Waals surface area contributed by atoms with Crippen molar-refractivity contribution in [1.82, 2.24) is 4.90 Å². The number of aldehydes is 1. The van der Waals surface area contributed by atoms with Gasteiger partial charge in [0.15, 0.2) is 0 Å². The molecule has 3 heteroatoms. The lowest BCUT2D eigenvalue weighted by Gasteiger charge is -2.29. The highest BCUT2D eigenvalue weighted by Crippen LogP contribution is 2.16. The molecule has 1 atom stereocenters. The van der Waals surface area contributed by atoms with E-state index in [9.17, 15) is 4.79 Å². The van der Waals surface area contributed by atoms with Gasteiger partial charge in [-0.2, -0.15) is 0 Å². The second kappa shape index (κ2) is 18.9. The Labute approximate surface area is 204 Å². The van der Waals surface area contributed by atoms with Gasteiger partial charge in [-0.05, 0) is 30.9 Å². The summed E-state index contributed by atoms with van der Waals surface area (Å²) in [6.45, 7) is 14.7. The zero-order valence-corrected chi connectivity index (χ0v) is 22.6. The molecule has 0 aliphatic carbocycles. The van der Waals surface area contributed by atoms with E-state index in [0.717, 1.165) is 38.6 Å². The molecule has 2 aromatic carbocycles. The molecule has 0 radical (unpaired) electrons. The lowest BCUT2D eigenvalue weighted by Crippen LogP contribution is -2.34. The predicted octanol–water partition coefficient (Wildman–Crippen LogP) is 7.36. The molecule has 0 amide bonds. The largest absolute Gasteiger partial charge is 0.303 e. The van der Waals surface area contributed by atoms with E-state index in [1.807, 2.05) is 6.92 Å². The molecule has 2 aromatic rings. The summed E-state index contributed by atoms with van der Waals surface area (Å²) in [6, 6.07) is 21.8. The van der Waals surface area contributed by atoms with Crippen LogP contribution in [-0.2, 0) is 17.9 Å². The van der Waals surface area contributed by atoms with E-state index >= 15 is 0 Å². The molecule has 0 spiro atoms. The number of benzene rings is 2. The molecule has 1 unspecified atom stereocenters. The Morgan fingerprint density at radius 1 is 0.909 bits per heavy atom. The zero-order valence-electron chi connectivity index (χ0n) is 21.6. The summed E-state index contributed by atoms with van der Waals surface area (Å²) < 4.78 is 0. The summed E-state index contributed by atoms with van der Waals surface area (Å²) in [7, 11) is -1.37. The quantitative estimate of drug-likeness (QED) is 0.221. The zero-order chi connectivity index (χ0) is 25.0. The van der Waals surface area contributed by atoms with E-state index in [0.29, 0.717) is 12.5 Å². The fourth-order valence-corrected chi connectivity index (χ4v) is 3.55. The molecule has 0 aliphatic rings. The smallest absolute Gasteiger partial charge is 0.129 e. The molecular formula is C30H43NOSi. The molecule has 0 N–H and O–H groups in total. The second-order valence-corrected chi connectivity index (χ2v) is 13.7. The second-order valence-electron chi connectivity index (χ2n) is 8.94. The van der Waals surface area contributed by atoms with Crippen LogP contribution < -0.4 is 0 Å². The number of carbonyl (C=O) groups is 1. The minimum Gasteiger partial charge on any atom is -0.303 e. The van der Waals surface area contributed by atoms with Crippen LogP contribution >= 0.6 is 0 Å². The number of terminal acetylenes is 1. The van der Waals surface area contributed by atoms with Crippen LogP contribution in [-0.4, -0.2) is 25.3 Å². The molecule has 0 aromatic heterocycles. The summed E-state index contributed by atoms with van der Waals surface area (Å²) >= 11 is 0. The van der Waals surface area contributed by atoms with Crippen LogP contribution in [0.2, 0.25) is 19.6 Å². The first kappa shape index (κ1) is 30.4. The molecule has 0 aliphatic heterocycles. The number of carbonyl (C=O) groups excluding carboxylic acids is 1. The highest BCUT2D eigenvalue weighted by Gasteiger charge is 2.18. The van der Waals surface area contributed by atoms with Crippen LogP contribution in [0.25, 0.3) is 0 Å². The van der Waals surface area contributed by atoms with E-state index in [1.54, 1.807) is 6.92 Å². The van der Waals surface area contributed by atoms with Crippen molar-refractivity contribution >= 4 is 14.4 Å². The summed E-state index contributed by atoms with van der Waals surface area (Å²) in [4.78, 5) is 11.9. The predicted molar refractivity (Wildman–Crippen MR) is 147 cm³/mol. The molecule has 0 fully saturated rings. The van der Waals surface area contributed by atoms with Crippen molar-refractivity contribution in [3.05, 3.63) is 71.8 Å². The number of nitrogens with zero attached hydrogens (tertiary/aromatic N) is 1. The van der Waals surface area contributed by atoms with E-state index in [2.05, 4.69) is 116 Å². The van der Waals surface area contributed by atoms with E-state index < -0.39 is 8.07 Å². The van der Waals surface area contributed by atoms with Gasteiger partial charge in [-0.1, -0.05) is 106 Å². The minimum absolute atomic E-state index is 0.317. The molecule has 33 heavy (non-hydrogen) atoms. The van der Waals surface area contributed by atoms with Crippen molar-refractivity contribution in [1.29, 1.82) is 0 Å². The average Bonchev–Trinajstić information content (AvgIpc) is 2.79. The van der Waals surface area contributed by atoms with Gasteiger partial charge in [0.1, 0.15) is 14.4 Å². The first-order valence-corrected chi connectivity index (χ1v) is 15.5. The van der Waals surface area contributed by atoms with Gasteiger partial charge in [-0.3, -0.25) is 4.90 Å². The highest BCUT2D eigenvalue weighted by molar-refractivity contribution is 6.83.